The van der Waals surface area contributed by atoms with E-state index in [9.17, 15) is 24.0 Å². The summed E-state index contributed by atoms with van der Waals surface area (Å²) in [6.45, 7) is 0.728. The summed E-state index contributed by atoms with van der Waals surface area (Å²) in [7, 11) is 0. The molecule has 12 nitrogen and oxygen atoms in total. The second-order valence-electron chi connectivity index (χ2n) is 9.73. The molecule has 0 radical (unpaired) electrons. The number of piperidine rings is 1. The van der Waals surface area contributed by atoms with E-state index in [-0.39, 0.29) is 48.3 Å². The highest BCUT2D eigenvalue weighted by molar-refractivity contribution is 6.05. The Balaban J connectivity index is 1.18. The first-order chi connectivity index (χ1) is 17.4. The Hall–Kier alpha value is -4.09. The molecule has 2 N–H and O–H groups in total. The number of hydrogen-bond donors (Lipinski definition) is 2. The van der Waals surface area contributed by atoms with Gasteiger partial charge in [-0.15, -0.1) is 5.10 Å². The predicted molar refractivity (Wildman–Crippen MR) is 123 cm³/mol. The van der Waals surface area contributed by atoms with E-state index in [4.69, 9.17) is 0 Å². The number of fused-ring (bicyclic) bond motifs is 1. The Morgan fingerprint density at radius 3 is 2.69 bits per heavy atom. The van der Waals surface area contributed by atoms with Gasteiger partial charge in [0.15, 0.2) is 5.69 Å². The molecular weight excluding hydrogens is 466 g/mol. The van der Waals surface area contributed by atoms with E-state index in [1.807, 2.05) is 0 Å². The van der Waals surface area contributed by atoms with Gasteiger partial charge in [0.2, 0.25) is 17.7 Å². The van der Waals surface area contributed by atoms with Crippen LogP contribution in [0.15, 0.2) is 24.4 Å². The van der Waals surface area contributed by atoms with Crippen molar-refractivity contribution in [2.45, 2.75) is 63.2 Å². The van der Waals surface area contributed by atoms with Gasteiger partial charge in [0.25, 0.3) is 11.8 Å². The summed E-state index contributed by atoms with van der Waals surface area (Å²) in [4.78, 5) is 65.4. The van der Waals surface area contributed by atoms with Crippen LogP contribution in [0, 0.1) is 0 Å². The molecule has 0 bridgehead atoms. The Morgan fingerprint density at radius 2 is 1.92 bits per heavy atom. The molecule has 6 rings (SSSR count). The van der Waals surface area contributed by atoms with Gasteiger partial charge in [-0.25, -0.2) is 4.68 Å². The first kappa shape index (κ1) is 22.4. The quantitative estimate of drug-likeness (QED) is 0.556. The highest BCUT2D eigenvalue weighted by Crippen LogP contribution is 2.29. The average molecular weight is 492 g/mol. The van der Waals surface area contributed by atoms with Crippen molar-refractivity contribution in [2.75, 3.05) is 6.54 Å². The van der Waals surface area contributed by atoms with Gasteiger partial charge in [-0.05, 0) is 55.9 Å². The number of carbonyl (C=O) groups excluding carboxylic acids is 5. The van der Waals surface area contributed by atoms with Crippen LogP contribution in [0.3, 0.4) is 0 Å². The van der Waals surface area contributed by atoms with Crippen molar-refractivity contribution in [3.05, 3.63) is 41.2 Å². The molecule has 4 heterocycles. The number of carbonyl (C=O) groups is 5. The summed E-state index contributed by atoms with van der Waals surface area (Å²) in [6.07, 6.45) is 5.36. The molecule has 12 heteroatoms. The van der Waals surface area contributed by atoms with E-state index in [1.165, 1.54) is 15.8 Å². The lowest BCUT2D eigenvalue weighted by molar-refractivity contribution is -0.137. The van der Waals surface area contributed by atoms with Gasteiger partial charge >= 0.3 is 0 Å². The molecule has 1 aliphatic carbocycles. The number of benzene rings is 1. The van der Waals surface area contributed by atoms with Gasteiger partial charge in [0, 0.05) is 31.1 Å². The molecule has 1 aromatic carbocycles. The first-order valence-corrected chi connectivity index (χ1v) is 12.2. The molecule has 2 atom stereocenters. The van der Waals surface area contributed by atoms with Gasteiger partial charge in [0.1, 0.15) is 12.1 Å². The lowest BCUT2D eigenvalue weighted by Gasteiger charge is -2.29. The van der Waals surface area contributed by atoms with E-state index in [0.29, 0.717) is 30.6 Å². The van der Waals surface area contributed by atoms with Crippen LogP contribution >= 0.6 is 0 Å². The van der Waals surface area contributed by atoms with Crippen molar-refractivity contribution in [1.29, 1.82) is 0 Å². The molecule has 2 aromatic rings. The monoisotopic (exact) mass is 491 g/mol. The van der Waals surface area contributed by atoms with Crippen LogP contribution in [-0.2, 0) is 20.9 Å². The number of amides is 5. The predicted octanol–water partition coefficient (Wildman–Crippen LogP) is -0.0885. The van der Waals surface area contributed by atoms with Crippen molar-refractivity contribution < 1.29 is 24.0 Å². The minimum absolute atomic E-state index is 0.111. The third kappa shape index (κ3) is 3.91. The molecule has 2 saturated heterocycles. The normalized spacial score (nSPS) is 23.6. The van der Waals surface area contributed by atoms with Crippen molar-refractivity contribution in [2.24, 2.45) is 0 Å². The van der Waals surface area contributed by atoms with Crippen molar-refractivity contribution in [3.8, 4) is 5.69 Å². The van der Waals surface area contributed by atoms with Crippen LogP contribution in [0.5, 0.6) is 0 Å². The van der Waals surface area contributed by atoms with Gasteiger partial charge in [-0.2, -0.15) is 0 Å². The van der Waals surface area contributed by atoms with Crippen molar-refractivity contribution in [1.82, 2.24) is 35.4 Å². The maximum atomic E-state index is 13.1. The van der Waals surface area contributed by atoms with Crippen molar-refractivity contribution >= 4 is 29.5 Å². The fourth-order valence-electron chi connectivity index (χ4n) is 5.15. The molecule has 0 spiro atoms. The van der Waals surface area contributed by atoms with Gasteiger partial charge in [-0.3, -0.25) is 29.3 Å². The summed E-state index contributed by atoms with van der Waals surface area (Å²) in [5.74, 6) is -1.50. The zero-order valence-electron chi connectivity index (χ0n) is 19.5. The standard InChI is InChI=1S/C24H25N7O5/c32-20-8-7-19(22(34)26-20)30-11-13-10-15(5-6-16(13)23(30)35)31-12-17(27-28-31)24(36)29-9-1-2-18(29)21(33)25-14-3-4-14/h5-6,10,12,14,18-19H,1-4,7-9,11H2,(H,25,33)(H,26,32,34). The molecule has 3 fully saturated rings. The van der Waals surface area contributed by atoms with Crippen LogP contribution in [0.25, 0.3) is 5.69 Å². The number of aromatic nitrogens is 3. The number of hydrogen-bond acceptors (Lipinski definition) is 7. The van der Waals surface area contributed by atoms with E-state index in [2.05, 4.69) is 20.9 Å². The second kappa shape index (κ2) is 8.54. The third-order valence-corrected chi connectivity index (χ3v) is 7.22. The Bertz CT molecular complexity index is 1300. The SMILES string of the molecule is O=C1CCC(N2Cc3cc(-n4cc(C(=O)N5CCCC5C(=O)NC5CC5)nn4)ccc3C2=O)C(=O)N1. The minimum atomic E-state index is -0.688. The van der Waals surface area contributed by atoms with E-state index >= 15 is 0 Å². The molecule has 36 heavy (non-hydrogen) atoms. The maximum Gasteiger partial charge on any atom is 0.276 e. The minimum Gasteiger partial charge on any atom is -0.352 e. The zero-order valence-corrected chi connectivity index (χ0v) is 19.5. The third-order valence-electron chi connectivity index (χ3n) is 7.22. The number of nitrogens with zero attached hydrogens (tertiary/aromatic N) is 5. The van der Waals surface area contributed by atoms with E-state index in [1.54, 1.807) is 23.1 Å². The van der Waals surface area contributed by atoms with Crippen LogP contribution in [0.1, 0.15) is 64.9 Å². The molecule has 186 valence electrons. The lowest BCUT2D eigenvalue weighted by atomic mass is 10.0. The number of rotatable bonds is 5. The fourth-order valence-corrected chi connectivity index (χ4v) is 5.15. The zero-order chi connectivity index (χ0) is 25.0. The summed E-state index contributed by atoms with van der Waals surface area (Å²) < 4.78 is 1.46. The summed E-state index contributed by atoms with van der Waals surface area (Å²) in [6, 6.07) is 4.20. The second-order valence-corrected chi connectivity index (χ2v) is 9.73. The lowest BCUT2D eigenvalue weighted by Crippen LogP contribution is -2.52. The topological polar surface area (TPSA) is 147 Å². The number of nitrogens with one attached hydrogen (secondary N) is 2. The molecular formula is C24H25N7O5. The molecule has 2 unspecified atom stereocenters. The Morgan fingerprint density at radius 1 is 1.08 bits per heavy atom. The van der Waals surface area contributed by atoms with Crippen molar-refractivity contribution in [3.63, 3.8) is 0 Å². The highest BCUT2D eigenvalue weighted by atomic mass is 16.2. The largest absolute Gasteiger partial charge is 0.352 e. The molecule has 1 aromatic heterocycles. The summed E-state index contributed by atoms with van der Waals surface area (Å²) in [5.41, 5.74) is 1.97. The van der Waals surface area contributed by atoms with Crippen LogP contribution in [0.4, 0.5) is 0 Å². The first-order valence-electron chi connectivity index (χ1n) is 12.2. The number of imide groups is 1. The smallest absolute Gasteiger partial charge is 0.276 e. The summed E-state index contributed by atoms with van der Waals surface area (Å²) >= 11 is 0. The van der Waals surface area contributed by atoms with Crippen LogP contribution in [-0.4, -0.2) is 79.0 Å². The summed E-state index contributed by atoms with van der Waals surface area (Å²) in [5, 5.41) is 13.4. The molecule has 4 aliphatic rings. The van der Waals surface area contributed by atoms with Gasteiger partial charge < -0.3 is 15.1 Å². The molecule has 5 amide bonds. The van der Waals surface area contributed by atoms with E-state index in [0.717, 1.165) is 24.8 Å². The highest BCUT2D eigenvalue weighted by Gasteiger charge is 2.40. The maximum absolute atomic E-state index is 13.1. The molecule has 3 aliphatic heterocycles. The number of likely N-dealkylation sites (tertiary alicyclic amines) is 1. The van der Waals surface area contributed by atoms with Gasteiger partial charge in [0.05, 0.1) is 11.9 Å². The average Bonchev–Trinajstić information content (AvgIpc) is 3.26. The fraction of sp³-hybridized carbons (Fsp3) is 0.458. The van der Waals surface area contributed by atoms with Gasteiger partial charge in [-0.1, -0.05) is 5.21 Å². The Labute approximate surface area is 206 Å². The Kier molecular flexibility index (Phi) is 5.31. The van der Waals surface area contributed by atoms with E-state index < -0.39 is 18.0 Å². The van der Waals surface area contributed by atoms with Crippen LogP contribution in [0.2, 0.25) is 0 Å². The van der Waals surface area contributed by atoms with Crippen LogP contribution < -0.4 is 10.6 Å². The molecule has 1 saturated carbocycles.